The highest BCUT2D eigenvalue weighted by Crippen LogP contribution is 2.37. The number of methoxy groups -OCH3 is 1. The Morgan fingerprint density at radius 3 is 2.20 bits per heavy atom. The highest BCUT2D eigenvalue weighted by atomic mass is 79.9. The number of hydrogen-bond acceptors (Lipinski definition) is 11. The van der Waals surface area contributed by atoms with E-state index in [1.165, 1.54) is 23.0 Å². The fourth-order valence-corrected chi connectivity index (χ4v) is 6.20. The van der Waals surface area contributed by atoms with E-state index in [1.807, 2.05) is 32.9 Å². The Morgan fingerprint density at radius 1 is 0.933 bits per heavy atom. The predicted molar refractivity (Wildman–Crippen MR) is 172 cm³/mol. The van der Waals surface area contributed by atoms with Crippen molar-refractivity contribution in [2.45, 2.75) is 40.7 Å². The second-order valence-electron chi connectivity index (χ2n) is 9.49. The van der Waals surface area contributed by atoms with Crippen molar-refractivity contribution in [3.63, 3.8) is 0 Å². The number of ether oxygens (including phenoxy) is 6. The van der Waals surface area contributed by atoms with Gasteiger partial charge < -0.3 is 28.4 Å². The average Bonchev–Trinajstić information content (AvgIpc) is 3.32. The zero-order valence-corrected chi connectivity index (χ0v) is 28.3. The molecule has 0 saturated heterocycles. The van der Waals surface area contributed by atoms with Crippen molar-refractivity contribution in [3.8, 4) is 23.0 Å². The third-order valence-electron chi connectivity index (χ3n) is 6.62. The standard InChI is InChI=1S/C32H35BrN2O9S/c1-7-40-23-13-19(11-12-22(23)44-17-27(36)39-6)29-28(31(38)43-10-4)18(5)34-32-35(29)30(37)26(45-32)15-20-14-24(41-8-2)25(42-9-3)16-21(20)33/h11-16,29H,7-10,17H2,1-6H3/b26-15-/t29-/m0/s1. The van der Waals surface area contributed by atoms with Crippen LogP contribution in [-0.2, 0) is 19.1 Å². The molecule has 0 spiro atoms. The number of hydrogen-bond donors (Lipinski definition) is 0. The topological polar surface area (TPSA) is 124 Å². The van der Waals surface area contributed by atoms with Crippen molar-refractivity contribution >= 4 is 45.3 Å². The van der Waals surface area contributed by atoms with Crippen LogP contribution in [0.1, 0.15) is 51.8 Å². The lowest BCUT2D eigenvalue weighted by Gasteiger charge is -2.25. The van der Waals surface area contributed by atoms with Crippen LogP contribution in [-0.4, -0.2) is 56.6 Å². The van der Waals surface area contributed by atoms with Crippen LogP contribution >= 0.6 is 27.3 Å². The lowest BCUT2D eigenvalue weighted by atomic mass is 9.95. The molecule has 0 N–H and O–H groups in total. The number of benzene rings is 2. The van der Waals surface area contributed by atoms with Gasteiger partial charge in [0, 0.05) is 4.47 Å². The van der Waals surface area contributed by atoms with Crippen LogP contribution in [0.25, 0.3) is 6.08 Å². The smallest absolute Gasteiger partial charge is 0.343 e. The van der Waals surface area contributed by atoms with Crippen LogP contribution in [0.4, 0.5) is 0 Å². The number of nitrogens with zero attached hydrogens (tertiary/aromatic N) is 2. The number of halogens is 1. The average molecular weight is 704 g/mol. The molecule has 45 heavy (non-hydrogen) atoms. The summed E-state index contributed by atoms with van der Waals surface area (Å²) in [5.41, 5.74) is 1.57. The first-order chi connectivity index (χ1) is 21.7. The molecule has 2 heterocycles. The fourth-order valence-electron chi connectivity index (χ4n) is 4.72. The Balaban J connectivity index is 1.91. The van der Waals surface area contributed by atoms with Crippen molar-refractivity contribution in [2.75, 3.05) is 40.1 Å². The van der Waals surface area contributed by atoms with Gasteiger partial charge in [-0.3, -0.25) is 9.36 Å². The Bertz CT molecular complexity index is 1790. The summed E-state index contributed by atoms with van der Waals surface area (Å²) in [4.78, 5) is 44.2. The molecule has 0 unspecified atom stereocenters. The van der Waals surface area contributed by atoms with Gasteiger partial charge in [0.2, 0.25) is 0 Å². The van der Waals surface area contributed by atoms with Gasteiger partial charge in [-0.05, 0) is 76.1 Å². The van der Waals surface area contributed by atoms with E-state index in [1.54, 1.807) is 38.1 Å². The van der Waals surface area contributed by atoms with Crippen LogP contribution in [0, 0.1) is 0 Å². The second kappa shape index (κ2) is 15.3. The van der Waals surface area contributed by atoms with Gasteiger partial charge in [0.15, 0.2) is 34.4 Å². The molecule has 240 valence electrons. The van der Waals surface area contributed by atoms with E-state index in [9.17, 15) is 14.4 Å². The van der Waals surface area contributed by atoms with Crippen LogP contribution < -0.4 is 33.8 Å². The van der Waals surface area contributed by atoms with Crippen LogP contribution in [0.5, 0.6) is 23.0 Å². The molecular weight excluding hydrogens is 668 g/mol. The quantitative estimate of drug-likeness (QED) is 0.240. The van der Waals surface area contributed by atoms with E-state index in [0.717, 1.165) is 0 Å². The van der Waals surface area contributed by atoms with Crippen molar-refractivity contribution in [3.05, 3.63) is 76.9 Å². The Hall–Kier alpha value is -4.10. The predicted octanol–water partition coefficient (Wildman–Crippen LogP) is 4.31. The molecule has 0 fully saturated rings. The van der Waals surface area contributed by atoms with Crippen molar-refractivity contribution in [1.29, 1.82) is 0 Å². The first-order valence-corrected chi connectivity index (χ1v) is 16.0. The number of carbonyl (C=O) groups is 2. The van der Waals surface area contributed by atoms with Crippen molar-refractivity contribution in [2.24, 2.45) is 4.99 Å². The largest absolute Gasteiger partial charge is 0.490 e. The molecule has 0 bridgehead atoms. The number of allylic oxidation sites excluding steroid dienone is 1. The van der Waals surface area contributed by atoms with E-state index >= 15 is 0 Å². The van der Waals surface area contributed by atoms with Crippen LogP contribution in [0.15, 0.2) is 55.9 Å². The van der Waals surface area contributed by atoms with Gasteiger partial charge in [0.05, 0.1) is 55.4 Å². The van der Waals surface area contributed by atoms with Gasteiger partial charge in [-0.1, -0.05) is 33.3 Å². The molecule has 4 rings (SSSR count). The monoisotopic (exact) mass is 702 g/mol. The molecule has 3 aromatic rings. The summed E-state index contributed by atoms with van der Waals surface area (Å²) in [6.45, 7) is 10.1. The number of rotatable bonds is 13. The summed E-state index contributed by atoms with van der Waals surface area (Å²) >= 11 is 4.80. The van der Waals surface area contributed by atoms with E-state index in [4.69, 9.17) is 23.7 Å². The molecule has 0 amide bonds. The maximum Gasteiger partial charge on any atom is 0.343 e. The molecular formula is C32H35BrN2O9S. The Labute approximate surface area is 272 Å². The Kier molecular flexibility index (Phi) is 11.5. The summed E-state index contributed by atoms with van der Waals surface area (Å²) in [6.07, 6.45) is 1.75. The minimum atomic E-state index is -0.876. The number of esters is 2. The third-order valence-corrected chi connectivity index (χ3v) is 8.29. The molecule has 13 heteroatoms. The first-order valence-electron chi connectivity index (χ1n) is 14.4. The number of fused-ring (bicyclic) bond motifs is 1. The fraction of sp³-hybridized carbons (Fsp3) is 0.375. The highest BCUT2D eigenvalue weighted by molar-refractivity contribution is 9.10. The molecule has 0 aliphatic carbocycles. The van der Waals surface area contributed by atoms with E-state index in [2.05, 4.69) is 25.7 Å². The molecule has 1 aliphatic heterocycles. The van der Waals surface area contributed by atoms with Gasteiger partial charge in [0.25, 0.3) is 5.56 Å². The van der Waals surface area contributed by atoms with Gasteiger partial charge in [-0.2, -0.15) is 0 Å². The summed E-state index contributed by atoms with van der Waals surface area (Å²) in [6, 6.07) is 7.77. The van der Waals surface area contributed by atoms with Crippen molar-refractivity contribution < 1.29 is 38.0 Å². The highest BCUT2D eigenvalue weighted by Gasteiger charge is 2.34. The lowest BCUT2D eigenvalue weighted by molar-refractivity contribution is -0.143. The van der Waals surface area contributed by atoms with Crippen LogP contribution in [0.2, 0.25) is 0 Å². The van der Waals surface area contributed by atoms with Gasteiger partial charge in [-0.25, -0.2) is 14.6 Å². The normalized spacial score (nSPS) is 14.4. The summed E-state index contributed by atoms with van der Waals surface area (Å²) in [7, 11) is 1.27. The Morgan fingerprint density at radius 2 is 1.58 bits per heavy atom. The van der Waals surface area contributed by atoms with Crippen LogP contribution in [0.3, 0.4) is 0 Å². The maximum atomic E-state index is 14.1. The first kappa shape index (κ1) is 33.8. The molecule has 1 aromatic heterocycles. The minimum absolute atomic E-state index is 0.144. The van der Waals surface area contributed by atoms with Gasteiger partial charge in [-0.15, -0.1) is 0 Å². The lowest BCUT2D eigenvalue weighted by Crippen LogP contribution is -2.40. The number of aromatic nitrogens is 1. The maximum absolute atomic E-state index is 14.1. The van der Waals surface area contributed by atoms with E-state index in [-0.39, 0.29) is 24.3 Å². The summed E-state index contributed by atoms with van der Waals surface area (Å²) in [5, 5.41) is 0. The molecule has 11 nitrogen and oxygen atoms in total. The van der Waals surface area contributed by atoms with Gasteiger partial charge in [0.1, 0.15) is 0 Å². The molecule has 1 atom stereocenters. The van der Waals surface area contributed by atoms with E-state index < -0.39 is 18.0 Å². The third kappa shape index (κ3) is 7.42. The number of thiazole rings is 1. The number of carbonyl (C=O) groups excluding carboxylic acids is 2. The van der Waals surface area contributed by atoms with Gasteiger partial charge >= 0.3 is 11.9 Å². The second-order valence-corrected chi connectivity index (χ2v) is 11.4. The zero-order chi connectivity index (χ0) is 32.7. The summed E-state index contributed by atoms with van der Waals surface area (Å²) < 4.78 is 35.7. The minimum Gasteiger partial charge on any atom is -0.490 e. The SMILES string of the molecule is CCOC(=O)C1=C(C)N=c2s/c(=C\c3cc(OCC)c(OCC)cc3Br)c(=O)n2[C@H]1c1ccc(OCC(=O)OC)c(OCC)c1. The van der Waals surface area contributed by atoms with E-state index in [0.29, 0.717) is 73.4 Å². The zero-order valence-electron chi connectivity index (χ0n) is 25.9. The summed E-state index contributed by atoms with van der Waals surface area (Å²) in [5.74, 6) is 0.645. The molecule has 0 radical (unpaired) electrons. The van der Waals surface area contributed by atoms with Crippen molar-refractivity contribution in [1.82, 2.24) is 4.57 Å². The molecule has 0 saturated carbocycles. The molecule has 2 aromatic carbocycles. The molecule has 1 aliphatic rings.